The number of halogens is 1. The van der Waals surface area contributed by atoms with Crippen molar-refractivity contribution in [2.24, 2.45) is 5.92 Å². The summed E-state index contributed by atoms with van der Waals surface area (Å²) < 4.78 is 11.6. The van der Waals surface area contributed by atoms with Crippen LogP contribution < -0.4 is 4.74 Å². The maximum Gasteiger partial charge on any atom is 0.133 e. The first-order valence-corrected chi connectivity index (χ1v) is 6.56. The summed E-state index contributed by atoms with van der Waals surface area (Å²) in [5.74, 6) is 1.16. The molecule has 1 aromatic rings. The highest BCUT2D eigenvalue weighted by Crippen LogP contribution is 2.34. The van der Waals surface area contributed by atoms with E-state index in [9.17, 15) is 5.11 Å². The van der Waals surface area contributed by atoms with Crippen molar-refractivity contribution in [3.05, 3.63) is 28.2 Å². The number of aliphatic hydroxyl groups is 1. The summed E-state index contributed by atoms with van der Waals surface area (Å²) in [6, 6.07) is 5.61. The van der Waals surface area contributed by atoms with Gasteiger partial charge in [0.1, 0.15) is 11.9 Å². The Hall–Kier alpha value is -0.580. The highest BCUT2D eigenvalue weighted by molar-refractivity contribution is 9.10. The molecule has 3 nitrogen and oxygen atoms in total. The average Bonchev–Trinajstić information content (AvgIpc) is 2.74. The molecule has 0 spiro atoms. The van der Waals surface area contributed by atoms with Gasteiger partial charge >= 0.3 is 0 Å². The van der Waals surface area contributed by atoms with Gasteiger partial charge in [0.25, 0.3) is 0 Å². The smallest absolute Gasteiger partial charge is 0.133 e. The van der Waals surface area contributed by atoms with Gasteiger partial charge in [0, 0.05) is 6.61 Å². The lowest BCUT2D eigenvalue weighted by Crippen LogP contribution is -2.23. The Kier molecular flexibility index (Phi) is 4.07. The van der Waals surface area contributed by atoms with Crippen LogP contribution in [0.3, 0.4) is 0 Å². The third-order valence-electron chi connectivity index (χ3n) is 3.27. The Labute approximate surface area is 110 Å². The summed E-state index contributed by atoms with van der Waals surface area (Å²) in [4.78, 5) is 0. The molecule has 1 aliphatic heterocycles. The van der Waals surface area contributed by atoms with Crippen molar-refractivity contribution in [3.8, 4) is 5.75 Å². The molecule has 1 N–H and O–H groups in total. The van der Waals surface area contributed by atoms with Crippen LogP contribution in [0.25, 0.3) is 0 Å². The quantitative estimate of drug-likeness (QED) is 0.933. The van der Waals surface area contributed by atoms with E-state index in [4.69, 9.17) is 9.47 Å². The number of aliphatic hydroxyl groups excluding tert-OH is 1. The van der Waals surface area contributed by atoms with Gasteiger partial charge in [-0.1, -0.05) is 13.0 Å². The summed E-state index contributed by atoms with van der Waals surface area (Å²) >= 11 is 3.42. The Morgan fingerprint density at radius 1 is 1.53 bits per heavy atom. The van der Waals surface area contributed by atoms with E-state index >= 15 is 0 Å². The van der Waals surface area contributed by atoms with Gasteiger partial charge < -0.3 is 14.6 Å². The molecule has 4 heteroatoms. The lowest BCUT2D eigenvalue weighted by atomic mass is 9.95. The van der Waals surface area contributed by atoms with E-state index in [1.54, 1.807) is 7.11 Å². The molecular formula is C13H17BrO3. The summed E-state index contributed by atoms with van der Waals surface area (Å²) in [5, 5.41) is 10.3. The maximum absolute atomic E-state index is 10.3. The van der Waals surface area contributed by atoms with Gasteiger partial charge in [-0.05, 0) is 46.0 Å². The average molecular weight is 301 g/mol. The van der Waals surface area contributed by atoms with Crippen LogP contribution >= 0.6 is 15.9 Å². The molecule has 0 aromatic heterocycles. The van der Waals surface area contributed by atoms with Gasteiger partial charge in [-0.2, -0.15) is 0 Å². The van der Waals surface area contributed by atoms with Gasteiger partial charge in [-0.25, -0.2) is 0 Å². The SMILES string of the molecule is COc1ccc(C(O)C2OCCC2C)cc1Br. The van der Waals surface area contributed by atoms with Crippen molar-refractivity contribution in [1.82, 2.24) is 0 Å². The molecule has 94 valence electrons. The minimum Gasteiger partial charge on any atom is -0.496 e. The number of hydrogen-bond acceptors (Lipinski definition) is 3. The largest absolute Gasteiger partial charge is 0.496 e. The van der Waals surface area contributed by atoms with Crippen molar-refractivity contribution in [2.45, 2.75) is 25.6 Å². The monoisotopic (exact) mass is 300 g/mol. The molecule has 0 bridgehead atoms. The molecule has 0 radical (unpaired) electrons. The number of ether oxygens (including phenoxy) is 2. The summed E-state index contributed by atoms with van der Waals surface area (Å²) in [7, 11) is 1.62. The second-order valence-corrected chi connectivity index (χ2v) is 5.29. The van der Waals surface area contributed by atoms with Crippen LogP contribution in [-0.2, 0) is 4.74 Å². The van der Waals surface area contributed by atoms with Crippen LogP contribution in [0.15, 0.2) is 22.7 Å². The Morgan fingerprint density at radius 3 is 2.82 bits per heavy atom. The highest BCUT2D eigenvalue weighted by Gasteiger charge is 2.31. The van der Waals surface area contributed by atoms with Crippen LogP contribution in [0, 0.1) is 5.92 Å². The van der Waals surface area contributed by atoms with Crippen LogP contribution in [0.2, 0.25) is 0 Å². The fourth-order valence-electron chi connectivity index (χ4n) is 2.18. The van der Waals surface area contributed by atoms with Crippen LogP contribution in [-0.4, -0.2) is 24.9 Å². The van der Waals surface area contributed by atoms with E-state index in [1.807, 2.05) is 18.2 Å². The van der Waals surface area contributed by atoms with Crippen molar-refractivity contribution in [2.75, 3.05) is 13.7 Å². The third-order valence-corrected chi connectivity index (χ3v) is 3.89. The fraction of sp³-hybridized carbons (Fsp3) is 0.538. The Bertz CT molecular complexity index is 394. The minimum absolute atomic E-state index is 0.102. The topological polar surface area (TPSA) is 38.7 Å². The van der Waals surface area contributed by atoms with E-state index in [1.165, 1.54) is 0 Å². The highest BCUT2D eigenvalue weighted by atomic mass is 79.9. The summed E-state index contributed by atoms with van der Waals surface area (Å²) in [6.07, 6.45) is 0.337. The predicted molar refractivity (Wildman–Crippen MR) is 69.2 cm³/mol. The molecule has 1 aromatic carbocycles. The molecule has 0 saturated carbocycles. The van der Waals surface area contributed by atoms with Gasteiger partial charge in [0.15, 0.2) is 0 Å². The zero-order valence-corrected chi connectivity index (χ0v) is 11.6. The van der Waals surface area contributed by atoms with Crippen LogP contribution in [0.5, 0.6) is 5.75 Å². The molecule has 3 atom stereocenters. The van der Waals surface area contributed by atoms with Gasteiger partial charge in [-0.3, -0.25) is 0 Å². The molecule has 1 fully saturated rings. The number of benzene rings is 1. The minimum atomic E-state index is -0.574. The van der Waals surface area contributed by atoms with Crippen molar-refractivity contribution in [3.63, 3.8) is 0 Å². The predicted octanol–water partition coefficient (Wildman–Crippen LogP) is 2.92. The normalized spacial score (nSPS) is 25.9. The van der Waals surface area contributed by atoms with E-state index < -0.39 is 6.10 Å². The zero-order chi connectivity index (χ0) is 12.4. The molecule has 0 aliphatic carbocycles. The van der Waals surface area contributed by atoms with Crippen LogP contribution in [0.4, 0.5) is 0 Å². The lowest BCUT2D eigenvalue weighted by Gasteiger charge is -2.22. The fourth-order valence-corrected chi connectivity index (χ4v) is 2.74. The number of rotatable bonds is 3. The standard InChI is InChI=1S/C13H17BrO3/c1-8-5-6-17-13(8)12(15)9-3-4-11(16-2)10(14)7-9/h3-4,7-8,12-13,15H,5-6H2,1-2H3. The third kappa shape index (κ3) is 2.64. The van der Waals surface area contributed by atoms with Gasteiger partial charge in [0.2, 0.25) is 0 Å². The Balaban J connectivity index is 2.19. The first-order chi connectivity index (χ1) is 8.13. The summed E-state index contributed by atoms with van der Waals surface area (Å²) in [5.41, 5.74) is 0.858. The van der Waals surface area contributed by atoms with Crippen molar-refractivity contribution < 1.29 is 14.6 Å². The Morgan fingerprint density at radius 2 is 2.29 bits per heavy atom. The van der Waals surface area contributed by atoms with Gasteiger partial charge in [-0.15, -0.1) is 0 Å². The van der Waals surface area contributed by atoms with E-state index in [0.717, 1.165) is 28.8 Å². The number of hydrogen-bond donors (Lipinski definition) is 1. The second-order valence-electron chi connectivity index (χ2n) is 4.44. The second kappa shape index (κ2) is 5.38. The first kappa shape index (κ1) is 12.9. The molecule has 1 aliphatic rings. The van der Waals surface area contributed by atoms with Gasteiger partial charge in [0.05, 0.1) is 17.7 Å². The van der Waals surface area contributed by atoms with E-state index in [-0.39, 0.29) is 6.10 Å². The molecule has 2 rings (SSSR count). The number of methoxy groups -OCH3 is 1. The van der Waals surface area contributed by atoms with E-state index in [0.29, 0.717) is 5.92 Å². The maximum atomic E-state index is 10.3. The molecule has 0 amide bonds. The van der Waals surface area contributed by atoms with Crippen molar-refractivity contribution >= 4 is 15.9 Å². The molecule has 1 heterocycles. The molecule has 1 saturated heterocycles. The molecular weight excluding hydrogens is 284 g/mol. The first-order valence-electron chi connectivity index (χ1n) is 5.76. The van der Waals surface area contributed by atoms with E-state index in [2.05, 4.69) is 22.9 Å². The van der Waals surface area contributed by atoms with Crippen molar-refractivity contribution in [1.29, 1.82) is 0 Å². The van der Waals surface area contributed by atoms with Crippen LogP contribution in [0.1, 0.15) is 25.0 Å². The zero-order valence-electron chi connectivity index (χ0n) is 10.0. The summed E-state index contributed by atoms with van der Waals surface area (Å²) in [6.45, 7) is 2.85. The molecule has 3 unspecified atom stereocenters. The lowest BCUT2D eigenvalue weighted by molar-refractivity contribution is -0.0178. The molecule has 17 heavy (non-hydrogen) atoms.